The van der Waals surface area contributed by atoms with Crippen molar-refractivity contribution >= 4 is 50.3 Å². The van der Waals surface area contributed by atoms with Crippen LogP contribution in [0.15, 0.2) is 16.9 Å². The number of nitrogens with zero attached hydrogens (tertiary/aromatic N) is 3. The first-order chi connectivity index (χ1) is 13.0. The van der Waals surface area contributed by atoms with Gasteiger partial charge in [-0.3, -0.25) is 4.79 Å². The van der Waals surface area contributed by atoms with Gasteiger partial charge in [-0.15, -0.1) is 0 Å². The highest BCUT2D eigenvalue weighted by Crippen LogP contribution is 2.43. The lowest BCUT2D eigenvalue weighted by atomic mass is 10.0. The maximum atomic E-state index is 12.3. The smallest absolute Gasteiger partial charge is 0.404 e. The summed E-state index contributed by atoms with van der Waals surface area (Å²) in [5.74, 6) is 0.0217. The molecule has 0 bridgehead atoms. The van der Waals surface area contributed by atoms with Crippen molar-refractivity contribution in [2.75, 3.05) is 22.9 Å². The van der Waals surface area contributed by atoms with Crippen molar-refractivity contribution in [3.8, 4) is 0 Å². The molecule has 2 aromatic rings. The molecule has 2 amide bonds. The van der Waals surface area contributed by atoms with Crippen LogP contribution in [0.5, 0.6) is 0 Å². The van der Waals surface area contributed by atoms with E-state index < -0.39 is 6.09 Å². The van der Waals surface area contributed by atoms with Crippen LogP contribution >= 0.6 is 15.9 Å². The van der Waals surface area contributed by atoms with Crippen molar-refractivity contribution in [1.29, 1.82) is 0 Å². The van der Waals surface area contributed by atoms with E-state index in [0.29, 0.717) is 6.54 Å². The van der Waals surface area contributed by atoms with Crippen LogP contribution in [0.25, 0.3) is 11.0 Å². The number of carbonyl (C=O) groups is 2. The van der Waals surface area contributed by atoms with Gasteiger partial charge in [0.05, 0.1) is 21.2 Å². The summed E-state index contributed by atoms with van der Waals surface area (Å²) in [7, 11) is 0. The number of anilines is 2. The normalized spacial score (nSPS) is 19.9. The molecule has 1 unspecified atom stereocenters. The fraction of sp³-hybridized carbons (Fsp3) is 0.500. The molecule has 1 atom stereocenters. The Morgan fingerprint density at radius 1 is 1.41 bits per heavy atom. The molecule has 3 heterocycles. The van der Waals surface area contributed by atoms with Crippen LogP contribution in [0.1, 0.15) is 32.6 Å². The van der Waals surface area contributed by atoms with Gasteiger partial charge in [-0.1, -0.05) is 0 Å². The highest BCUT2D eigenvalue weighted by atomic mass is 79.9. The fourth-order valence-electron chi connectivity index (χ4n) is 3.97. The van der Waals surface area contributed by atoms with Crippen LogP contribution in [0.2, 0.25) is 0 Å². The van der Waals surface area contributed by atoms with Gasteiger partial charge in [0.2, 0.25) is 5.91 Å². The second-order valence-electron chi connectivity index (χ2n) is 7.21. The summed E-state index contributed by atoms with van der Waals surface area (Å²) in [4.78, 5) is 35.1. The highest BCUT2D eigenvalue weighted by molar-refractivity contribution is 9.10. The Bertz CT molecular complexity index is 894. The topological polar surface area (TPSA) is 102 Å². The van der Waals surface area contributed by atoms with E-state index in [4.69, 9.17) is 5.11 Å². The molecule has 1 aliphatic heterocycles. The van der Waals surface area contributed by atoms with E-state index in [1.165, 1.54) is 0 Å². The second kappa shape index (κ2) is 7.03. The number of amides is 2. The lowest BCUT2D eigenvalue weighted by Crippen LogP contribution is -2.47. The molecule has 144 valence electrons. The number of pyridine rings is 1. The maximum Gasteiger partial charge on any atom is 0.404 e. The minimum absolute atomic E-state index is 0.0217. The predicted molar refractivity (Wildman–Crippen MR) is 106 cm³/mol. The monoisotopic (exact) mass is 435 g/mol. The van der Waals surface area contributed by atoms with Gasteiger partial charge in [0.15, 0.2) is 0 Å². The molecule has 8 nitrogen and oxygen atoms in total. The lowest BCUT2D eigenvalue weighted by Gasteiger charge is -2.35. The van der Waals surface area contributed by atoms with Gasteiger partial charge in [0, 0.05) is 44.5 Å². The summed E-state index contributed by atoms with van der Waals surface area (Å²) < 4.78 is 0.839. The van der Waals surface area contributed by atoms with Gasteiger partial charge in [-0.2, -0.15) is 0 Å². The van der Waals surface area contributed by atoms with Crippen molar-refractivity contribution in [2.24, 2.45) is 0 Å². The molecule has 3 N–H and O–H groups in total. The number of carboxylic acid groups (broad SMARTS) is 1. The maximum absolute atomic E-state index is 12.3. The third-order valence-corrected chi connectivity index (χ3v) is 5.76. The van der Waals surface area contributed by atoms with Crippen LogP contribution in [0.3, 0.4) is 0 Å². The van der Waals surface area contributed by atoms with Crippen LogP contribution in [-0.2, 0) is 4.79 Å². The molecule has 27 heavy (non-hydrogen) atoms. The molecule has 2 aromatic heterocycles. The zero-order chi connectivity index (χ0) is 19.1. The molecular formula is C18H22BrN5O3. The number of halogens is 1. The molecule has 4 rings (SSSR count). The Morgan fingerprint density at radius 3 is 2.85 bits per heavy atom. The van der Waals surface area contributed by atoms with Gasteiger partial charge in [0.25, 0.3) is 0 Å². The summed E-state index contributed by atoms with van der Waals surface area (Å²) in [6, 6.07) is 0.122. The Balaban J connectivity index is 1.77. The number of hydrogen-bond acceptors (Lipinski definition) is 4. The largest absolute Gasteiger partial charge is 0.465 e. The molecule has 1 aliphatic carbocycles. The number of rotatable bonds is 4. The molecular weight excluding hydrogens is 414 g/mol. The quantitative estimate of drug-likeness (QED) is 0.684. The van der Waals surface area contributed by atoms with E-state index in [2.05, 4.69) is 36.1 Å². The second-order valence-corrected chi connectivity index (χ2v) is 8.06. The number of aromatic nitrogens is 2. The van der Waals surface area contributed by atoms with E-state index in [1.807, 2.05) is 11.1 Å². The fourth-order valence-corrected chi connectivity index (χ4v) is 4.52. The van der Waals surface area contributed by atoms with Crippen LogP contribution < -0.4 is 15.1 Å². The van der Waals surface area contributed by atoms with Gasteiger partial charge in [-0.05, 0) is 41.6 Å². The van der Waals surface area contributed by atoms with Crippen molar-refractivity contribution in [3.05, 3.63) is 16.9 Å². The van der Waals surface area contributed by atoms with Gasteiger partial charge >= 0.3 is 6.09 Å². The van der Waals surface area contributed by atoms with Crippen LogP contribution in [-0.4, -0.2) is 52.2 Å². The number of fused-ring (bicyclic) bond motifs is 1. The molecule has 9 heteroatoms. The summed E-state index contributed by atoms with van der Waals surface area (Å²) >= 11 is 3.62. The summed E-state index contributed by atoms with van der Waals surface area (Å²) in [6.45, 7) is 3.00. The zero-order valence-electron chi connectivity index (χ0n) is 15.0. The lowest BCUT2D eigenvalue weighted by molar-refractivity contribution is -0.116. The number of nitrogens with one attached hydrogen (secondary N) is 2. The number of aromatic amines is 1. The third-order valence-electron chi connectivity index (χ3n) is 5.18. The van der Waals surface area contributed by atoms with Crippen molar-refractivity contribution in [2.45, 2.75) is 44.7 Å². The van der Waals surface area contributed by atoms with Gasteiger partial charge in [0.1, 0.15) is 5.65 Å². The van der Waals surface area contributed by atoms with Crippen LogP contribution in [0.4, 0.5) is 16.2 Å². The minimum Gasteiger partial charge on any atom is -0.465 e. The average molecular weight is 436 g/mol. The standard InChI is InChI=1S/C18H22BrN5O3/c1-10(25)24(12-4-5-12)14-8-21-17-15(14)16(13(19)7-20-17)23-6-2-3-11(9-23)22-18(26)27/h7-8,11-12,22H,2-6,9H2,1H3,(H,20,21)(H,26,27). The molecule has 0 radical (unpaired) electrons. The third kappa shape index (κ3) is 3.47. The summed E-state index contributed by atoms with van der Waals surface area (Å²) in [5, 5.41) is 12.6. The molecule has 2 fully saturated rings. The Kier molecular flexibility index (Phi) is 4.71. The van der Waals surface area contributed by atoms with Crippen molar-refractivity contribution in [3.63, 3.8) is 0 Å². The van der Waals surface area contributed by atoms with Gasteiger partial charge in [-0.25, -0.2) is 9.78 Å². The van der Waals surface area contributed by atoms with E-state index in [1.54, 1.807) is 13.1 Å². The summed E-state index contributed by atoms with van der Waals surface area (Å²) in [5.41, 5.74) is 2.53. The van der Waals surface area contributed by atoms with Crippen LogP contribution in [0, 0.1) is 0 Å². The zero-order valence-corrected chi connectivity index (χ0v) is 16.6. The first-order valence-electron chi connectivity index (χ1n) is 9.15. The number of H-pyrrole nitrogens is 1. The molecule has 1 saturated carbocycles. The number of carbonyl (C=O) groups excluding carboxylic acids is 1. The van der Waals surface area contributed by atoms with Crippen molar-refractivity contribution < 1.29 is 14.7 Å². The Hall–Kier alpha value is -2.29. The Labute approximate surface area is 165 Å². The van der Waals surface area contributed by atoms with E-state index in [-0.39, 0.29) is 18.0 Å². The number of hydrogen-bond donors (Lipinski definition) is 3. The van der Waals surface area contributed by atoms with Crippen molar-refractivity contribution in [1.82, 2.24) is 15.3 Å². The molecule has 2 aliphatic rings. The van der Waals surface area contributed by atoms with E-state index >= 15 is 0 Å². The Morgan fingerprint density at radius 2 is 2.19 bits per heavy atom. The predicted octanol–water partition coefficient (Wildman–Crippen LogP) is 3.08. The number of piperidine rings is 1. The first-order valence-corrected chi connectivity index (χ1v) is 9.94. The first kappa shape index (κ1) is 18.1. The molecule has 0 aromatic carbocycles. The minimum atomic E-state index is -1.00. The SMILES string of the molecule is CC(=O)N(c1c[nH]c2ncc(Br)c(N3CCCC(NC(=O)O)C3)c12)C1CC1. The van der Waals surface area contributed by atoms with Gasteiger partial charge < -0.3 is 25.2 Å². The summed E-state index contributed by atoms with van der Waals surface area (Å²) in [6.07, 6.45) is 6.33. The molecule has 1 saturated heterocycles. The highest BCUT2D eigenvalue weighted by Gasteiger charge is 2.35. The van der Waals surface area contributed by atoms with E-state index in [9.17, 15) is 9.59 Å². The molecule has 0 spiro atoms. The average Bonchev–Trinajstić information content (AvgIpc) is 3.35. The van der Waals surface area contributed by atoms with E-state index in [0.717, 1.165) is 59.1 Å².